The molecule has 12 heteroatoms. The van der Waals surface area contributed by atoms with Crippen molar-refractivity contribution in [2.24, 2.45) is 0 Å². The summed E-state index contributed by atoms with van der Waals surface area (Å²) in [5.41, 5.74) is 0.652. The minimum Gasteiger partial charge on any atom is -0.462 e. The maximum atomic E-state index is 12.3. The highest BCUT2D eigenvalue weighted by molar-refractivity contribution is 9.10. The molecule has 156 valence electrons. The molecule has 0 unspecified atom stereocenters. The molecule has 2 N–H and O–H groups in total. The molecule has 0 saturated carbocycles. The van der Waals surface area contributed by atoms with E-state index in [1.807, 2.05) is 0 Å². The molecule has 0 fully saturated rings. The molecule has 0 aliphatic carbocycles. The summed E-state index contributed by atoms with van der Waals surface area (Å²) < 4.78 is 11.1. The van der Waals surface area contributed by atoms with Gasteiger partial charge in [-0.1, -0.05) is 35.2 Å². The Morgan fingerprint density at radius 1 is 1.17 bits per heavy atom. The molecule has 0 saturated heterocycles. The van der Waals surface area contributed by atoms with Gasteiger partial charge in [-0.05, 0) is 47.1 Å². The predicted octanol–water partition coefficient (Wildman–Crippen LogP) is 4.05. The van der Waals surface area contributed by atoms with Crippen LogP contribution in [-0.4, -0.2) is 40.3 Å². The van der Waals surface area contributed by atoms with Gasteiger partial charge in [0.2, 0.25) is 11.0 Å². The Balaban J connectivity index is 1.54. The molecule has 3 aromatic rings. The molecule has 0 spiro atoms. The van der Waals surface area contributed by atoms with Gasteiger partial charge in [-0.3, -0.25) is 14.9 Å². The highest BCUT2D eigenvalue weighted by atomic mass is 79.9. The fraction of sp³-hybridized carbons (Fsp3) is 0.167. The molecule has 2 aromatic heterocycles. The third-order valence-electron chi connectivity index (χ3n) is 3.45. The van der Waals surface area contributed by atoms with Gasteiger partial charge in [0.25, 0.3) is 5.91 Å². The van der Waals surface area contributed by atoms with E-state index in [2.05, 4.69) is 36.8 Å². The number of benzene rings is 1. The lowest BCUT2D eigenvalue weighted by atomic mass is 10.2. The second kappa shape index (κ2) is 10.4. The largest absolute Gasteiger partial charge is 0.462 e. The first-order valence-electron chi connectivity index (χ1n) is 8.55. The van der Waals surface area contributed by atoms with Crippen LogP contribution in [0.1, 0.15) is 27.8 Å². The molecule has 0 aliphatic heterocycles. The van der Waals surface area contributed by atoms with Crippen LogP contribution in [0.4, 0.5) is 10.8 Å². The van der Waals surface area contributed by atoms with Crippen LogP contribution in [0, 0.1) is 0 Å². The smallest absolute Gasteiger partial charge is 0.340 e. The van der Waals surface area contributed by atoms with Gasteiger partial charge < -0.3 is 14.5 Å². The number of ether oxygens (including phenoxy) is 1. The number of halogens is 1. The van der Waals surface area contributed by atoms with Crippen molar-refractivity contribution in [2.75, 3.05) is 23.0 Å². The molecule has 2 amide bonds. The summed E-state index contributed by atoms with van der Waals surface area (Å²) in [6.07, 6.45) is 0. The Morgan fingerprint density at radius 2 is 1.97 bits per heavy atom. The first-order valence-corrected chi connectivity index (χ1v) is 11.1. The summed E-state index contributed by atoms with van der Waals surface area (Å²) >= 11 is 5.41. The van der Waals surface area contributed by atoms with Crippen molar-refractivity contribution < 1.29 is 23.5 Å². The molecule has 0 atom stereocenters. The van der Waals surface area contributed by atoms with E-state index >= 15 is 0 Å². The van der Waals surface area contributed by atoms with Crippen LogP contribution in [0.15, 0.2) is 49.8 Å². The number of thioether (sulfide) groups is 1. The van der Waals surface area contributed by atoms with Crippen LogP contribution < -0.4 is 10.6 Å². The normalized spacial score (nSPS) is 10.5. The lowest BCUT2D eigenvalue weighted by Crippen LogP contribution is -2.17. The molecule has 0 aliphatic rings. The van der Waals surface area contributed by atoms with Crippen LogP contribution in [0.5, 0.6) is 0 Å². The lowest BCUT2D eigenvalue weighted by molar-refractivity contribution is -0.113. The number of hydrogen-bond acceptors (Lipinski definition) is 9. The van der Waals surface area contributed by atoms with Crippen molar-refractivity contribution in [3.63, 3.8) is 0 Å². The molecule has 1 aromatic carbocycles. The third kappa shape index (κ3) is 5.90. The highest BCUT2D eigenvalue weighted by Gasteiger charge is 2.16. The van der Waals surface area contributed by atoms with E-state index in [0.29, 0.717) is 14.7 Å². The summed E-state index contributed by atoms with van der Waals surface area (Å²) in [4.78, 5) is 36.3. The molecule has 30 heavy (non-hydrogen) atoms. The quantitative estimate of drug-likeness (QED) is 0.264. The van der Waals surface area contributed by atoms with Crippen molar-refractivity contribution in [1.82, 2.24) is 10.2 Å². The molecule has 9 nitrogen and oxygen atoms in total. The second-order valence-electron chi connectivity index (χ2n) is 5.53. The van der Waals surface area contributed by atoms with Crippen LogP contribution in [0.2, 0.25) is 0 Å². The predicted molar refractivity (Wildman–Crippen MR) is 116 cm³/mol. The fourth-order valence-corrected chi connectivity index (χ4v) is 4.06. The number of furan rings is 1. The van der Waals surface area contributed by atoms with E-state index in [1.54, 1.807) is 37.3 Å². The Morgan fingerprint density at radius 3 is 2.70 bits per heavy atom. The fourth-order valence-electron chi connectivity index (χ4n) is 2.21. The maximum Gasteiger partial charge on any atom is 0.340 e. The zero-order valence-corrected chi connectivity index (χ0v) is 18.7. The number of nitrogens with one attached hydrogen (secondary N) is 2. The minimum absolute atomic E-state index is 0.0465. The molecular weight excluding hydrogens is 496 g/mol. The van der Waals surface area contributed by atoms with Gasteiger partial charge in [0, 0.05) is 0 Å². The van der Waals surface area contributed by atoms with E-state index in [-0.39, 0.29) is 34.7 Å². The van der Waals surface area contributed by atoms with Gasteiger partial charge in [0.15, 0.2) is 14.8 Å². The maximum absolute atomic E-state index is 12.3. The van der Waals surface area contributed by atoms with Crippen molar-refractivity contribution >= 4 is 67.6 Å². The van der Waals surface area contributed by atoms with Crippen molar-refractivity contribution in [3.05, 3.63) is 52.4 Å². The van der Waals surface area contributed by atoms with Crippen molar-refractivity contribution in [3.8, 4) is 0 Å². The number of rotatable bonds is 8. The number of anilines is 2. The summed E-state index contributed by atoms with van der Waals surface area (Å²) in [5, 5.41) is 13.4. The van der Waals surface area contributed by atoms with Crippen molar-refractivity contribution in [1.29, 1.82) is 0 Å². The Bertz CT molecular complexity index is 1070. The number of aromatic nitrogens is 2. The highest BCUT2D eigenvalue weighted by Crippen LogP contribution is 2.26. The molecule has 0 radical (unpaired) electrons. The van der Waals surface area contributed by atoms with Crippen LogP contribution in [0.25, 0.3) is 0 Å². The van der Waals surface area contributed by atoms with Gasteiger partial charge in [-0.25, -0.2) is 4.79 Å². The Labute approximate surface area is 187 Å². The average molecular weight is 511 g/mol. The molecule has 2 heterocycles. The topological polar surface area (TPSA) is 123 Å². The number of hydrogen-bond donors (Lipinski definition) is 2. The summed E-state index contributed by atoms with van der Waals surface area (Å²) in [7, 11) is 0. The zero-order chi connectivity index (χ0) is 21.5. The second-order valence-corrected chi connectivity index (χ2v) is 8.52. The van der Waals surface area contributed by atoms with E-state index in [9.17, 15) is 14.4 Å². The van der Waals surface area contributed by atoms with Gasteiger partial charge in [0.05, 0.1) is 23.6 Å². The summed E-state index contributed by atoms with van der Waals surface area (Å²) in [6, 6.07) is 9.74. The standard InChI is InChI=1S/C18H15BrN4O5S2/c1-2-27-16(26)10-5-3-4-6-11(10)20-14(24)9-29-18-23-22-17(30-18)21-15(25)12-7-8-13(19)28-12/h3-8H,2,9H2,1H3,(H,20,24)(H,21,22,25). The number of carbonyl (C=O) groups is 3. The average Bonchev–Trinajstić information content (AvgIpc) is 3.36. The van der Waals surface area contributed by atoms with Gasteiger partial charge >= 0.3 is 5.97 Å². The van der Waals surface area contributed by atoms with Gasteiger partial charge in [-0.2, -0.15) is 0 Å². The van der Waals surface area contributed by atoms with Crippen LogP contribution in [0.3, 0.4) is 0 Å². The van der Waals surface area contributed by atoms with E-state index < -0.39 is 11.9 Å². The van der Waals surface area contributed by atoms with Crippen molar-refractivity contribution in [2.45, 2.75) is 11.3 Å². The number of esters is 1. The first kappa shape index (κ1) is 22.0. The van der Waals surface area contributed by atoms with E-state index in [0.717, 1.165) is 23.1 Å². The van der Waals surface area contributed by atoms with Crippen LogP contribution >= 0.6 is 39.0 Å². The van der Waals surface area contributed by atoms with Gasteiger partial charge in [0.1, 0.15) is 0 Å². The Hall–Kier alpha value is -2.70. The van der Waals surface area contributed by atoms with E-state index in [4.69, 9.17) is 9.15 Å². The first-order chi connectivity index (χ1) is 14.5. The molecular formula is C18H15BrN4O5S2. The monoisotopic (exact) mass is 510 g/mol. The molecule has 0 bridgehead atoms. The summed E-state index contributed by atoms with van der Waals surface area (Å²) in [5.74, 6) is -1.11. The molecule has 3 rings (SSSR count). The SMILES string of the molecule is CCOC(=O)c1ccccc1NC(=O)CSc1nnc(NC(=O)c2ccc(Br)o2)s1. The minimum atomic E-state index is -0.505. The zero-order valence-electron chi connectivity index (χ0n) is 15.5. The van der Waals surface area contributed by atoms with Crippen LogP contribution in [-0.2, 0) is 9.53 Å². The third-order valence-corrected chi connectivity index (χ3v) is 5.85. The van der Waals surface area contributed by atoms with Gasteiger partial charge in [-0.15, -0.1) is 10.2 Å². The number of amides is 2. The summed E-state index contributed by atoms with van der Waals surface area (Å²) in [6.45, 7) is 1.95. The van der Waals surface area contributed by atoms with E-state index in [1.165, 1.54) is 6.07 Å². The number of carbonyl (C=O) groups excluding carboxylic acids is 3. The Kier molecular flexibility index (Phi) is 7.60. The number of nitrogens with zero attached hydrogens (tertiary/aromatic N) is 2. The number of para-hydroxylation sites is 1. The lowest BCUT2D eigenvalue weighted by Gasteiger charge is -2.09.